The van der Waals surface area contributed by atoms with E-state index in [0.717, 1.165) is 61.2 Å². The lowest BCUT2D eigenvalue weighted by atomic mass is 9.36. The predicted molar refractivity (Wildman–Crippen MR) is 349 cm³/mol. The highest BCUT2D eigenvalue weighted by Gasteiger charge is 2.67. The molecule has 4 heteroatoms. The fourth-order valence-electron chi connectivity index (χ4n) is 19.9. The van der Waals surface area contributed by atoms with Gasteiger partial charge in [-0.25, -0.2) is 0 Å². The summed E-state index contributed by atoms with van der Waals surface area (Å²) in [6.07, 6.45) is 21.6. The van der Waals surface area contributed by atoms with Crippen LogP contribution < -0.4 is 0 Å². The van der Waals surface area contributed by atoms with Gasteiger partial charge in [0, 0.05) is 55.1 Å². The van der Waals surface area contributed by atoms with E-state index in [1.165, 1.54) is 144 Å². The minimum atomic E-state index is -0.111. The average molecular weight is 1130 g/mol. The first kappa shape index (κ1) is 56.7. The number of phenolic OH excluding ortho intramolecular Hbond substituents is 2. The van der Waals surface area contributed by atoms with Gasteiger partial charge in [0.2, 0.25) is 0 Å². The Balaban J connectivity index is 0.830. The molecular formula is C78H96O2S2. The fourth-order valence-corrected chi connectivity index (χ4v) is 22.9. The van der Waals surface area contributed by atoms with Gasteiger partial charge in [-0.15, -0.1) is 0 Å². The van der Waals surface area contributed by atoms with Crippen LogP contribution in [0.5, 0.6) is 11.5 Å². The van der Waals surface area contributed by atoms with Crippen LogP contribution in [0.4, 0.5) is 0 Å². The van der Waals surface area contributed by atoms with Gasteiger partial charge in [-0.2, -0.15) is 23.5 Å². The topological polar surface area (TPSA) is 40.5 Å². The maximum atomic E-state index is 13.2. The number of aryl methyl sites for hydroxylation is 4. The van der Waals surface area contributed by atoms with Crippen LogP contribution in [-0.4, -0.2) is 20.7 Å². The molecule has 0 aliphatic heterocycles. The van der Waals surface area contributed by atoms with E-state index in [9.17, 15) is 10.2 Å². The van der Waals surface area contributed by atoms with Crippen molar-refractivity contribution < 1.29 is 10.2 Å². The Bertz CT molecular complexity index is 2990. The van der Waals surface area contributed by atoms with Crippen molar-refractivity contribution in [3.8, 4) is 11.5 Å². The second-order valence-electron chi connectivity index (χ2n) is 31.4. The first-order valence-electron chi connectivity index (χ1n) is 32.3. The van der Waals surface area contributed by atoms with Gasteiger partial charge >= 0.3 is 0 Å². The lowest BCUT2D eigenvalue weighted by molar-refractivity contribution is -0.0503. The summed E-state index contributed by atoms with van der Waals surface area (Å²) in [5.74, 6) is 4.04. The zero-order chi connectivity index (χ0) is 57.2. The van der Waals surface area contributed by atoms with E-state index in [1.54, 1.807) is 0 Å². The van der Waals surface area contributed by atoms with Gasteiger partial charge in [-0.05, 0) is 195 Å². The summed E-state index contributed by atoms with van der Waals surface area (Å²) in [5.41, 5.74) is 18.8. The SMILES string of the molecule is Cc1ccc(C23CC4CC(c5ccc(C)cc5)(C2)CC(c2cc(C(C)(C)C)cc(CSC5CCCCCC[C@@H]5SCc5cc(C(C)(C)C)cc(C67CC8CC(c9ccc(C)cc9)(CC(c9ccc(C)cc9)(C8)C6)C7)c5O)c2O)(C4)C3)cc1. The normalized spacial score (nSPS) is 32.2. The molecule has 6 aromatic carbocycles. The highest BCUT2D eigenvalue weighted by atomic mass is 32.2. The molecule has 0 saturated heterocycles. The lowest BCUT2D eigenvalue weighted by Crippen LogP contribution is -2.62. The van der Waals surface area contributed by atoms with Gasteiger partial charge in [-0.3, -0.25) is 0 Å². The second-order valence-corrected chi connectivity index (χ2v) is 33.9. The number of hydrogen-bond acceptors (Lipinski definition) is 4. The first-order chi connectivity index (χ1) is 39.0. The highest BCUT2D eigenvalue weighted by molar-refractivity contribution is 8.03. The summed E-state index contributed by atoms with van der Waals surface area (Å²) in [6.45, 7) is 23.2. The number of aromatic hydroxyl groups is 2. The molecule has 5 unspecified atom stereocenters. The van der Waals surface area contributed by atoms with Crippen molar-refractivity contribution in [3.63, 3.8) is 0 Å². The minimum absolute atomic E-state index is 0.0623. The van der Waals surface area contributed by atoms with E-state index in [0.29, 0.717) is 33.8 Å². The molecule has 0 radical (unpaired) electrons. The number of hydrogen-bond donors (Lipinski definition) is 2. The van der Waals surface area contributed by atoms with Crippen LogP contribution in [0.25, 0.3) is 0 Å². The maximum absolute atomic E-state index is 13.2. The van der Waals surface area contributed by atoms with Crippen molar-refractivity contribution in [2.24, 2.45) is 11.8 Å². The Morgan fingerprint density at radius 3 is 0.927 bits per heavy atom. The number of rotatable bonds is 12. The summed E-state index contributed by atoms with van der Waals surface area (Å²) < 4.78 is 0. The monoisotopic (exact) mass is 1130 g/mol. The molecule has 2 N–H and O–H groups in total. The zero-order valence-corrected chi connectivity index (χ0v) is 53.3. The molecule has 0 aromatic heterocycles. The summed E-state index contributed by atoms with van der Waals surface area (Å²) in [4.78, 5) is 0. The maximum Gasteiger partial charge on any atom is 0.123 e. The molecule has 9 saturated carbocycles. The Hall–Kier alpha value is -4.38. The van der Waals surface area contributed by atoms with E-state index < -0.39 is 0 Å². The van der Waals surface area contributed by atoms with Crippen LogP contribution >= 0.6 is 23.5 Å². The molecule has 2 nitrogen and oxygen atoms in total. The Morgan fingerprint density at radius 2 is 0.646 bits per heavy atom. The standard InChI is InChI=1S/C78H96O2S2/c1-51-17-25-59(26-18-51)73-37-55-38-74(45-73,60-27-19-52(2)20-28-60)48-77(41-55,47-73)65-35-63(71(5,6)7)33-57(69(65)79)43-81-67-15-13-11-12-14-16-68(67)82-44-58-34-64(72(8,9)10)36-66(70(58)80)78-42-56-39-75(49-78,61-29-21-53(3)22-30-61)46-76(40-56,50-78)62-31-23-54(4)24-32-62/h17-36,55-56,67-68,79-80H,11-16,37-50H2,1-10H3/t55?,56?,67-,68?,73?,74?,75?,76?,77?,78?/m0/s1. The van der Waals surface area contributed by atoms with Gasteiger partial charge in [0.15, 0.2) is 0 Å². The van der Waals surface area contributed by atoms with E-state index in [4.69, 9.17) is 0 Å². The van der Waals surface area contributed by atoms with Gasteiger partial charge in [0.1, 0.15) is 11.5 Å². The molecule has 82 heavy (non-hydrogen) atoms. The minimum Gasteiger partial charge on any atom is -0.507 e. The molecule has 0 heterocycles. The molecule has 0 amide bonds. The van der Waals surface area contributed by atoms with Crippen molar-refractivity contribution in [1.82, 2.24) is 0 Å². The van der Waals surface area contributed by atoms with Crippen LogP contribution in [0.3, 0.4) is 0 Å². The highest BCUT2D eigenvalue weighted by Crippen LogP contribution is 2.73. The largest absolute Gasteiger partial charge is 0.507 e. The molecule has 9 aliphatic carbocycles. The predicted octanol–water partition coefficient (Wildman–Crippen LogP) is 20.4. The summed E-state index contributed by atoms with van der Waals surface area (Å²) in [5, 5.41) is 27.4. The first-order valence-corrected chi connectivity index (χ1v) is 34.4. The second kappa shape index (κ2) is 20.7. The molecule has 9 fully saturated rings. The Labute approximate surface area is 503 Å². The van der Waals surface area contributed by atoms with Gasteiger partial charge < -0.3 is 10.2 Å². The summed E-state index contributed by atoms with van der Waals surface area (Å²) in [7, 11) is 0. The molecule has 6 atom stereocenters. The number of benzene rings is 6. The summed E-state index contributed by atoms with van der Waals surface area (Å²) in [6, 6.07) is 48.3. The van der Waals surface area contributed by atoms with Crippen LogP contribution in [0.15, 0.2) is 121 Å². The van der Waals surface area contributed by atoms with E-state index in [-0.39, 0.29) is 43.3 Å². The molecule has 8 bridgehead atoms. The van der Waals surface area contributed by atoms with Crippen molar-refractivity contribution >= 4 is 23.5 Å². The van der Waals surface area contributed by atoms with Crippen molar-refractivity contribution in [1.29, 1.82) is 0 Å². The van der Waals surface area contributed by atoms with E-state index in [2.05, 4.69) is 214 Å². The molecule has 6 aromatic rings. The third-order valence-electron chi connectivity index (χ3n) is 23.1. The zero-order valence-electron chi connectivity index (χ0n) is 51.7. The van der Waals surface area contributed by atoms with E-state index in [1.807, 2.05) is 0 Å². The van der Waals surface area contributed by atoms with Crippen molar-refractivity contribution in [3.05, 3.63) is 199 Å². The molecular weight excluding hydrogens is 1030 g/mol. The number of thioether (sulfide) groups is 2. The van der Waals surface area contributed by atoms with Crippen molar-refractivity contribution in [2.75, 3.05) is 0 Å². The van der Waals surface area contributed by atoms with Crippen LogP contribution in [-0.2, 0) is 54.8 Å². The van der Waals surface area contributed by atoms with Crippen LogP contribution in [0, 0.1) is 39.5 Å². The lowest BCUT2D eigenvalue weighted by Gasteiger charge is -2.67. The quantitative estimate of drug-likeness (QED) is 0.128. The summed E-state index contributed by atoms with van der Waals surface area (Å²) >= 11 is 4.27. The molecule has 0 spiro atoms. The third kappa shape index (κ3) is 10.1. The molecule has 9 aliphatic rings. The fraction of sp³-hybridized carbons (Fsp3) is 0.538. The number of phenols is 2. The third-order valence-corrected chi connectivity index (χ3v) is 26.2. The van der Waals surface area contributed by atoms with E-state index >= 15 is 0 Å². The Morgan fingerprint density at radius 1 is 0.378 bits per heavy atom. The van der Waals surface area contributed by atoms with Crippen molar-refractivity contribution in [2.45, 2.75) is 250 Å². The van der Waals surface area contributed by atoms with Gasteiger partial charge in [-0.1, -0.05) is 211 Å². The van der Waals surface area contributed by atoms with Crippen LogP contribution in [0.1, 0.15) is 235 Å². The van der Waals surface area contributed by atoms with Crippen LogP contribution in [0.2, 0.25) is 0 Å². The smallest absolute Gasteiger partial charge is 0.123 e. The average Bonchev–Trinajstić information content (AvgIpc) is 1.03. The Kier molecular flexibility index (Phi) is 14.3. The van der Waals surface area contributed by atoms with Gasteiger partial charge in [0.25, 0.3) is 0 Å². The molecule has 432 valence electrons. The molecule has 15 rings (SSSR count). The van der Waals surface area contributed by atoms with Gasteiger partial charge in [0.05, 0.1) is 0 Å².